The first-order chi connectivity index (χ1) is 21.5. The van der Waals surface area contributed by atoms with Crippen molar-refractivity contribution < 1.29 is 24.1 Å². The van der Waals surface area contributed by atoms with Crippen LogP contribution in [0.3, 0.4) is 0 Å². The topological polar surface area (TPSA) is 68.2 Å². The molecule has 6 nitrogen and oxygen atoms in total. The van der Waals surface area contributed by atoms with E-state index in [2.05, 4.69) is 24.5 Å². The molecule has 2 heterocycles. The molecule has 0 radical (unpaired) electrons. The quantitative estimate of drug-likeness (QED) is 0.0687. The van der Waals surface area contributed by atoms with Gasteiger partial charge in [0.05, 0.1) is 11.0 Å². The lowest BCUT2D eigenvalue weighted by atomic mass is 9.44. The average molecular weight is 610 g/mol. The molecule has 3 saturated carbocycles. The Balaban J connectivity index is 0.938. The van der Waals surface area contributed by atoms with E-state index in [4.69, 9.17) is 14.2 Å². The molecule has 6 atom stereocenters. The molecule has 6 aliphatic rings. The second-order valence-corrected chi connectivity index (χ2v) is 15.1. The standard InChI is InChI=1S/C38H59NO5/c1-3-4-5-6-7-8-9-10-11-12-13-14-15-16-33(40)43-27-42-31-20-19-30-25-32-38(41)22-21-28(2)36-37(38,34(30)35(31)44-36)23-24-39(32)26-29-17-18-29/h19-20,29-30,32,34,36,41H,2-18,21-27H2,1H3/t30?,32?,34?,36-,37-,38+/m0/s1. The van der Waals surface area contributed by atoms with Gasteiger partial charge in [-0.1, -0.05) is 96.6 Å². The van der Waals surface area contributed by atoms with Gasteiger partial charge in [-0.2, -0.15) is 0 Å². The molecule has 0 aromatic heterocycles. The van der Waals surface area contributed by atoms with Crippen LogP contribution in [-0.2, 0) is 19.0 Å². The molecule has 4 aliphatic carbocycles. The predicted octanol–water partition coefficient (Wildman–Crippen LogP) is 8.35. The summed E-state index contributed by atoms with van der Waals surface area (Å²) >= 11 is 0. The molecule has 1 spiro atoms. The lowest BCUT2D eigenvalue weighted by Crippen LogP contribution is -2.75. The minimum Gasteiger partial charge on any atom is -0.485 e. The fourth-order valence-corrected chi connectivity index (χ4v) is 9.62. The highest BCUT2D eigenvalue weighted by molar-refractivity contribution is 5.69. The number of carbonyl (C=O) groups is 1. The van der Waals surface area contributed by atoms with Gasteiger partial charge in [0.15, 0.2) is 5.76 Å². The number of nitrogens with zero attached hydrogens (tertiary/aromatic N) is 1. The van der Waals surface area contributed by atoms with Crippen LogP contribution in [-0.4, -0.2) is 53.6 Å². The van der Waals surface area contributed by atoms with Gasteiger partial charge < -0.3 is 19.3 Å². The number of hydrogen-bond acceptors (Lipinski definition) is 6. The summed E-state index contributed by atoms with van der Waals surface area (Å²) in [6.07, 6.45) is 27.4. The zero-order valence-electron chi connectivity index (χ0n) is 27.5. The molecule has 6 heteroatoms. The third-order valence-electron chi connectivity index (χ3n) is 12.1. The Morgan fingerprint density at radius 2 is 1.70 bits per heavy atom. The van der Waals surface area contributed by atoms with Gasteiger partial charge >= 0.3 is 5.97 Å². The molecule has 44 heavy (non-hydrogen) atoms. The van der Waals surface area contributed by atoms with Gasteiger partial charge in [0.2, 0.25) is 6.79 Å². The van der Waals surface area contributed by atoms with E-state index in [-0.39, 0.29) is 36.2 Å². The third-order valence-corrected chi connectivity index (χ3v) is 12.1. The first-order valence-corrected chi connectivity index (χ1v) is 18.5. The molecule has 0 aromatic rings. The molecule has 3 unspecified atom stereocenters. The Hall–Kier alpha value is -1.79. The second-order valence-electron chi connectivity index (χ2n) is 15.1. The highest BCUT2D eigenvalue weighted by Crippen LogP contribution is 2.70. The van der Waals surface area contributed by atoms with E-state index >= 15 is 0 Å². The smallest absolute Gasteiger partial charge is 0.308 e. The van der Waals surface area contributed by atoms with Crippen molar-refractivity contribution in [2.24, 2.45) is 23.2 Å². The van der Waals surface area contributed by atoms with E-state index in [0.29, 0.717) is 18.1 Å². The van der Waals surface area contributed by atoms with Crippen molar-refractivity contribution in [2.45, 2.75) is 153 Å². The predicted molar refractivity (Wildman–Crippen MR) is 173 cm³/mol. The number of allylic oxidation sites excluding steroid dienone is 3. The summed E-state index contributed by atoms with van der Waals surface area (Å²) in [6, 6.07) is 0.176. The summed E-state index contributed by atoms with van der Waals surface area (Å²) in [4.78, 5) is 15.1. The monoisotopic (exact) mass is 609 g/mol. The Bertz CT molecular complexity index is 1080. The maximum absolute atomic E-state index is 12.6. The molecule has 0 amide bonds. The van der Waals surface area contributed by atoms with Crippen molar-refractivity contribution in [1.29, 1.82) is 0 Å². The Morgan fingerprint density at radius 3 is 2.39 bits per heavy atom. The highest BCUT2D eigenvalue weighted by Gasteiger charge is 2.76. The van der Waals surface area contributed by atoms with Gasteiger partial charge in [-0.25, -0.2) is 0 Å². The largest absolute Gasteiger partial charge is 0.485 e. The van der Waals surface area contributed by atoms with Gasteiger partial charge in [-0.3, -0.25) is 9.69 Å². The van der Waals surface area contributed by atoms with E-state index < -0.39 is 5.60 Å². The summed E-state index contributed by atoms with van der Waals surface area (Å²) in [7, 11) is 0. The Morgan fingerprint density at radius 1 is 1.02 bits per heavy atom. The third kappa shape index (κ3) is 6.41. The molecule has 5 fully saturated rings. The van der Waals surface area contributed by atoms with Crippen LogP contribution in [0.5, 0.6) is 0 Å². The van der Waals surface area contributed by atoms with Crippen molar-refractivity contribution in [2.75, 3.05) is 19.9 Å². The molecular formula is C38H59NO5. The van der Waals surface area contributed by atoms with Crippen molar-refractivity contribution in [3.8, 4) is 0 Å². The molecule has 2 saturated heterocycles. The number of ether oxygens (including phenoxy) is 3. The first kappa shape index (κ1) is 32.2. The van der Waals surface area contributed by atoms with Crippen molar-refractivity contribution >= 4 is 5.97 Å². The average Bonchev–Trinajstić information content (AvgIpc) is 3.76. The van der Waals surface area contributed by atoms with Crippen LogP contribution in [0.2, 0.25) is 0 Å². The van der Waals surface area contributed by atoms with Gasteiger partial charge in [-0.05, 0) is 75.0 Å². The van der Waals surface area contributed by atoms with Gasteiger partial charge in [0, 0.05) is 24.9 Å². The van der Waals surface area contributed by atoms with Gasteiger partial charge in [0.1, 0.15) is 11.9 Å². The first-order valence-electron chi connectivity index (χ1n) is 18.5. The number of carbonyl (C=O) groups excluding carboxylic acids is 1. The summed E-state index contributed by atoms with van der Waals surface area (Å²) < 4.78 is 18.3. The fourth-order valence-electron chi connectivity index (χ4n) is 9.62. The fraction of sp³-hybridized carbons (Fsp3) is 0.816. The summed E-state index contributed by atoms with van der Waals surface area (Å²) in [5.74, 6) is 2.55. The van der Waals surface area contributed by atoms with E-state index in [9.17, 15) is 9.90 Å². The van der Waals surface area contributed by atoms with Gasteiger partial charge in [-0.15, -0.1) is 0 Å². The maximum Gasteiger partial charge on any atom is 0.308 e. The number of likely N-dealkylation sites (tertiary alicyclic amines) is 1. The van der Waals surface area contributed by atoms with Gasteiger partial charge in [0.25, 0.3) is 0 Å². The van der Waals surface area contributed by atoms with Crippen LogP contribution in [0, 0.1) is 23.2 Å². The normalized spacial score (nSPS) is 33.7. The highest BCUT2D eigenvalue weighted by atomic mass is 16.7. The maximum atomic E-state index is 12.6. The Labute approximate surface area is 266 Å². The molecule has 246 valence electrons. The minimum atomic E-state index is -0.772. The van der Waals surface area contributed by atoms with E-state index in [0.717, 1.165) is 68.9 Å². The Kier molecular flexibility index (Phi) is 10.5. The van der Waals surface area contributed by atoms with Crippen molar-refractivity contribution in [1.82, 2.24) is 4.90 Å². The molecule has 6 rings (SSSR count). The van der Waals surface area contributed by atoms with Crippen molar-refractivity contribution in [3.63, 3.8) is 0 Å². The number of piperidine rings is 1. The zero-order chi connectivity index (χ0) is 30.6. The number of aliphatic hydroxyl groups is 1. The van der Waals surface area contributed by atoms with Crippen LogP contribution in [0.1, 0.15) is 135 Å². The SMILES string of the molecule is C=C1CC[C@@]2(O)C3CC4C=CC(OCOC(=O)CCCCCCCCCCCCCCC)=C5O[C@@H]1[C@]2(CCN3CC1CC1)C54. The number of esters is 1. The lowest BCUT2D eigenvalue weighted by molar-refractivity contribution is -0.240. The number of unbranched alkanes of at least 4 members (excludes halogenated alkanes) is 12. The number of hydrogen-bond donors (Lipinski definition) is 1. The molecule has 2 aliphatic heterocycles. The van der Waals surface area contributed by atoms with Crippen LogP contribution in [0.15, 0.2) is 35.8 Å². The molecule has 2 bridgehead atoms. The van der Waals surface area contributed by atoms with E-state index in [1.165, 1.54) is 83.5 Å². The van der Waals surface area contributed by atoms with Crippen LogP contribution < -0.4 is 0 Å². The molecule has 1 N–H and O–H groups in total. The molecular weight excluding hydrogens is 550 g/mol. The van der Waals surface area contributed by atoms with Crippen LogP contribution in [0.4, 0.5) is 0 Å². The minimum absolute atomic E-state index is 0.0929. The molecule has 0 aromatic carbocycles. The van der Waals surface area contributed by atoms with E-state index in [1.54, 1.807) is 0 Å². The summed E-state index contributed by atoms with van der Waals surface area (Å²) in [5.41, 5.74) is -0.0172. The van der Waals surface area contributed by atoms with E-state index in [1.807, 2.05) is 6.08 Å². The lowest BCUT2D eigenvalue weighted by Gasteiger charge is -2.66. The van der Waals surface area contributed by atoms with Crippen molar-refractivity contribution in [3.05, 3.63) is 35.8 Å². The van der Waals surface area contributed by atoms with Crippen LogP contribution in [0.25, 0.3) is 0 Å². The number of rotatable bonds is 19. The van der Waals surface area contributed by atoms with Crippen LogP contribution >= 0.6 is 0 Å². The second kappa shape index (κ2) is 14.3. The summed E-state index contributed by atoms with van der Waals surface area (Å²) in [6.45, 7) is 8.75. The zero-order valence-corrected chi connectivity index (χ0v) is 27.5. The summed E-state index contributed by atoms with van der Waals surface area (Å²) in [5, 5.41) is 12.6.